The van der Waals surface area contributed by atoms with Gasteiger partial charge in [-0.05, 0) is 12.8 Å². The van der Waals surface area contributed by atoms with Crippen LogP contribution in [0.15, 0.2) is 0 Å². The van der Waals surface area contributed by atoms with Gasteiger partial charge in [0.05, 0.1) is 12.7 Å². The van der Waals surface area contributed by atoms with Crippen molar-refractivity contribution in [2.75, 3.05) is 6.61 Å². The topological polar surface area (TPSA) is 49.7 Å². The molecule has 1 aliphatic heterocycles. The van der Waals surface area contributed by atoms with Crippen LogP contribution in [0.5, 0.6) is 0 Å². The molecule has 1 heterocycles. The maximum Gasteiger partial charge on any atom is 0.117 e. The van der Waals surface area contributed by atoms with Gasteiger partial charge in [-0.1, -0.05) is 0 Å². The molecule has 2 N–H and O–H groups in total. The molecule has 2 rings (SSSR count). The van der Waals surface area contributed by atoms with Crippen molar-refractivity contribution in [3.05, 3.63) is 0 Å². The first kappa shape index (κ1) is 7.59. The molecular weight excluding hydrogens is 143 g/mol. The van der Waals surface area contributed by atoms with Gasteiger partial charge in [0.15, 0.2) is 0 Å². The molecule has 11 heavy (non-hydrogen) atoms. The molecule has 0 aromatic heterocycles. The third-order valence-electron chi connectivity index (χ3n) is 2.91. The standard InChI is InChI=1S/C7H11BO3/c8-6-4-1-2-7(3-9,11-6)5(4)10/h4-6,9-10H,1-3H2/t4-,5+,6-,7-/m1/s1. The van der Waals surface area contributed by atoms with Gasteiger partial charge < -0.3 is 14.9 Å². The third kappa shape index (κ3) is 0.804. The lowest BCUT2D eigenvalue weighted by Gasteiger charge is -2.28. The van der Waals surface area contributed by atoms with Gasteiger partial charge in [0.25, 0.3) is 0 Å². The minimum atomic E-state index is -0.732. The van der Waals surface area contributed by atoms with Crippen molar-refractivity contribution in [2.45, 2.75) is 30.5 Å². The van der Waals surface area contributed by atoms with Crippen LogP contribution in [0.2, 0.25) is 0 Å². The summed E-state index contributed by atoms with van der Waals surface area (Å²) in [5, 5.41) is 18.6. The van der Waals surface area contributed by atoms with Gasteiger partial charge in [0, 0.05) is 11.9 Å². The molecule has 4 heteroatoms. The van der Waals surface area contributed by atoms with E-state index < -0.39 is 11.7 Å². The Morgan fingerprint density at radius 2 is 2.36 bits per heavy atom. The minimum absolute atomic E-state index is 0.0298. The Kier molecular flexibility index (Phi) is 1.53. The van der Waals surface area contributed by atoms with Crippen molar-refractivity contribution in [1.82, 2.24) is 0 Å². The molecule has 4 atom stereocenters. The van der Waals surface area contributed by atoms with Crippen LogP contribution in [0, 0.1) is 5.92 Å². The quantitative estimate of drug-likeness (QED) is 0.477. The second kappa shape index (κ2) is 2.22. The lowest BCUT2D eigenvalue weighted by molar-refractivity contribution is -0.0984. The van der Waals surface area contributed by atoms with E-state index in [-0.39, 0.29) is 18.5 Å². The second-order valence-electron chi connectivity index (χ2n) is 3.45. The molecule has 2 radical (unpaired) electrons. The molecule has 0 aromatic rings. The first-order valence-electron chi connectivity index (χ1n) is 3.92. The number of ether oxygens (including phenoxy) is 1. The van der Waals surface area contributed by atoms with Crippen LogP contribution < -0.4 is 0 Å². The molecule has 2 bridgehead atoms. The highest BCUT2D eigenvalue weighted by atomic mass is 16.5. The van der Waals surface area contributed by atoms with Gasteiger partial charge in [-0.15, -0.1) is 0 Å². The lowest BCUT2D eigenvalue weighted by Crippen LogP contribution is -2.40. The monoisotopic (exact) mass is 154 g/mol. The van der Waals surface area contributed by atoms with Crippen LogP contribution >= 0.6 is 0 Å². The Hall–Kier alpha value is -0.0551. The molecule has 3 nitrogen and oxygen atoms in total. The Bertz CT molecular complexity index is 175. The smallest absolute Gasteiger partial charge is 0.117 e. The van der Waals surface area contributed by atoms with E-state index in [1.165, 1.54) is 0 Å². The second-order valence-corrected chi connectivity index (χ2v) is 3.45. The van der Waals surface area contributed by atoms with Crippen LogP contribution in [0.3, 0.4) is 0 Å². The van der Waals surface area contributed by atoms with Crippen molar-refractivity contribution in [3.8, 4) is 0 Å². The third-order valence-corrected chi connectivity index (χ3v) is 2.91. The first-order chi connectivity index (χ1) is 5.19. The summed E-state index contributed by atoms with van der Waals surface area (Å²) < 4.78 is 5.29. The fourth-order valence-corrected chi connectivity index (χ4v) is 2.15. The van der Waals surface area contributed by atoms with Gasteiger partial charge in [-0.25, -0.2) is 0 Å². The zero-order valence-electron chi connectivity index (χ0n) is 6.23. The molecule has 1 saturated heterocycles. The van der Waals surface area contributed by atoms with E-state index in [1.807, 2.05) is 0 Å². The lowest BCUT2D eigenvalue weighted by atomic mass is 9.86. The van der Waals surface area contributed by atoms with E-state index >= 15 is 0 Å². The SMILES string of the molecule is [B][C@@H]1O[C@@]2(CO)CC[C@@H]1[C@@H]2O. The van der Waals surface area contributed by atoms with Crippen LogP contribution in [-0.2, 0) is 4.74 Å². The summed E-state index contributed by atoms with van der Waals surface area (Å²) in [5.41, 5.74) is -0.732. The maximum absolute atomic E-state index is 9.58. The number of rotatable bonds is 1. The zero-order chi connectivity index (χ0) is 8.06. The summed E-state index contributed by atoms with van der Waals surface area (Å²) >= 11 is 0. The summed E-state index contributed by atoms with van der Waals surface area (Å²) in [6.07, 6.45) is 1.02. The number of hydrogen-bond acceptors (Lipinski definition) is 3. The molecule has 0 aromatic carbocycles. The van der Waals surface area contributed by atoms with E-state index in [2.05, 4.69) is 0 Å². The maximum atomic E-state index is 9.58. The summed E-state index contributed by atoms with van der Waals surface area (Å²) in [6, 6.07) is -0.383. The summed E-state index contributed by atoms with van der Waals surface area (Å²) in [5.74, 6) is 0.0298. The number of hydrogen-bond donors (Lipinski definition) is 2. The van der Waals surface area contributed by atoms with Gasteiger partial charge in [0.2, 0.25) is 0 Å². The van der Waals surface area contributed by atoms with E-state index in [0.717, 1.165) is 12.8 Å². The van der Waals surface area contributed by atoms with E-state index in [9.17, 15) is 5.11 Å². The Balaban J connectivity index is 2.24. The van der Waals surface area contributed by atoms with Gasteiger partial charge in [-0.3, -0.25) is 0 Å². The van der Waals surface area contributed by atoms with Crippen molar-refractivity contribution in [2.24, 2.45) is 5.92 Å². The van der Waals surface area contributed by atoms with Crippen LogP contribution in [0.4, 0.5) is 0 Å². The number of fused-ring (bicyclic) bond motifs is 2. The number of aliphatic hydroxyl groups is 2. The summed E-state index contributed by atoms with van der Waals surface area (Å²) in [6.45, 7) is -0.127. The predicted octanol–water partition coefficient (Wildman–Crippen LogP) is -0.987. The van der Waals surface area contributed by atoms with Crippen LogP contribution in [0.25, 0.3) is 0 Å². The average molecular weight is 154 g/mol. The molecule has 2 fully saturated rings. The highest BCUT2D eigenvalue weighted by Crippen LogP contribution is 2.46. The van der Waals surface area contributed by atoms with E-state index in [4.69, 9.17) is 17.7 Å². The molecule has 0 amide bonds. The zero-order valence-corrected chi connectivity index (χ0v) is 6.23. The molecular formula is C7H11BO3. The highest BCUT2D eigenvalue weighted by molar-refractivity contribution is 6.11. The normalized spacial score (nSPS) is 55.3. The Morgan fingerprint density at radius 3 is 2.64 bits per heavy atom. The first-order valence-corrected chi connectivity index (χ1v) is 3.92. The fraction of sp³-hybridized carbons (Fsp3) is 1.00. The molecule has 0 spiro atoms. The molecule has 2 aliphatic rings. The Labute approximate surface area is 66.8 Å². The molecule has 60 valence electrons. The molecule has 0 unspecified atom stereocenters. The Morgan fingerprint density at radius 1 is 1.64 bits per heavy atom. The summed E-state index contributed by atoms with van der Waals surface area (Å²) in [7, 11) is 5.58. The van der Waals surface area contributed by atoms with E-state index in [1.54, 1.807) is 0 Å². The van der Waals surface area contributed by atoms with Crippen molar-refractivity contribution < 1.29 is 14.9 Å². The molecule has 1 aliphatic carbocycles. The fourth-order valence-electron chi connectivity index (χ4n) is 2.15. The van der Waals surface area contributed by atoms with Gasteiger partial charge in [-0.2, -0.15) is 0 Å². The van der Waals surface area contributed by atoms with Crippen molar-refractivity contribution >= 4 is 7.85 Å². The number of aliphatic hydroxyl groups excluding tert-OH is 2. The average Bonchev–Trinajstić information content (AvgIpc) is 2.42. The van der Waals surface area contributed by atoms with E-state index in [0.29, 0.717) is 0 Å². The molecule has 1 saturated carbocycles. The summed E-state index contributed by atoms with van der Waals surface area (Å²) in [4.78, 5) is 0. The highest BCUT2D eigenvalue weighted by Gasteiger charge is 2.57. The minimum Gasteiger partial charge on any atom is -0.393 e. The van der Waals surface area contributed by atoms with Gasteiger partial charge >= 0.3 is 0 Å². The van der Waals surface area contributed by atoms with Crippen LogP contribution in [0.1, 0.15) is 12.8 Å². The van der Waals surface area contributed by atoms with Crippen molar-refractivity contribution in [1.29, 1.82) is 0 Å². The van der Waals surface area contributed by atoms with Gasteiger partial charge in [0.1, 0.15) is 13.4 Å². The largest absolute Gasteiger partial charge is 0.393 e. The van der Waals surface area contributed by atoms with Crippen molar-refractivity contribution in [3.63, 3.8) is 0 Å². The predicted molar refractivity (Wildman–Crippen MR) is 39.2 cm³/mol. The van der Waals surface area contributed by atoms with Crippen LogP contribution in [-0.4, -0.2) is 42.4 Å².